The highest BCUT2D eigenvalue weighted by Crippen LogP contribution is 2.29. The van der Waals surface area contributed by atoms with Crippen LogP contribution in [0.2, 0.25) is 0 Å². The van der Waals surface area contributed by atoms with Crippen LogP contribution in [0.5, 0.6) is 0 Å². The first kappa shape index (κ1) is 18.9. The second-order valence-electron chi connectivity index (χ2n) is 5.80. The van der Waals surface area contributed by atoms with Crippen LogP contribution in [-0.2, 0) is 14.2 Å². The summed E-state index contributed by atoms with van der Waals surface area (Å²) in [6.07, 6.45) is -14.5. The lowest BCUT2D eigenvalue weighted by molar-refractivity contribution is -0.338. The fraction of sp³-hybridized carbons (Fsp3) is 1.00. The largest absolute Gasteiger partial charge is 0.394 e. The second-order valence-corrected chi connectivity index (χ2v) is 5.80. The Morgan fingerprint density at radius 1 is 0.870 bits per heavy atom. The Morgan fingerprint density at radius 3 is 2.04 bits per heavy atom. The molecule has 2 saturated heterocycles. The van der Waals surface area contributed by atoms with E-state index in [1.165, 1.54) is 6.92 Å². The third kappa shape index (κ3) is 3.65. The topological polar surface area (TPSA) is 149 Å². The van der Waals surface area contributed by atoms with Gasteiger partial charge in [-0.3, -0.25) is 0 Å². The third-order valence-electron chi connectivity index (χ3n) is 4.19. The van der Waals surface area contributed by atoms with Gasteiger partial charge in [0.1, 0.15) is 42.7 Å². The van der Waals surface area contributed by atoms with Gasteiger partial charge in [-0.15, -0.1) is 0 Å². The van der Waals surface area contributed by atoms with Crippen LogP contribution >= 0.6 is 0 Å². The second kappa shape index (κ2) is 7.64. The van der Waals surface area contributed by atoms with Crippen molar-refractivity contribution < 1.29 is 49.2 Å². The molecule has 0 aliphatic carbocycles. The molecule has 9 nitrogen and oxygen atoms in total. The summed E-state index contributed by atoms with van der Waals surface area (Å²) in [6.45, 7) is 0.164. The Kier molecular flexibility index (Phi) is 6.28. The Hall–Kier alpha value is -0.430. The average molecular weight is 341 g/mol. The van der Waals surface area contributed by atoms with E-state index in [2.05, 4.69) is 0 Å². The first-order chi connectivity index (χ1) is 10.8. The number of alkyl halides is 1. The molecular formula is C13H23FO9. The van der Waals surface area contributed by atoms with Crippen LogP contribution in [0, 0.1) is 0 Å². The molecule has 10 atom stereocenters. The Labute approximate surface area is 131 Å². The maximum Gasteiger partial charge on any atom is 0.187 e. The minimum Gasteiger partial charge on any atom is -0.394 e. The summed E-state index contributed by atoms with van der Waals surface area (Å²) in [5.41, 5.74) is 0. The molecule has 0 aromatic carbocycles. The maximum atomic E-state index is 13.9. The van der Waals surface area contributed by atoms with Crippen LogP contribution in [0.15, 0.2) is 0 Å². The SMILES string of the molecule is CC1OC(CO)[C@@H](O[C@@H]2OC(CO)[C@@H](O)[C@@H](O)C2O)[C@@H](O)[C@@H]1[18F]. The maximum absolute atomic E-state index is 13.9. The summed E-state index contributed by atoms with van der Waals surface area (Å²) >= 11 is 0. The quantitative estimate of drug-likeness (QED) is 0.308. The van der Waals surface area contributed by atoms with Gasteiger partial charge in [-0.05, 0) is 6.92 Å². The van der Waals surface area contributed by atoms with E-state index in [1.54, 1.807) is 0 Å². The first-order valence-electron chi connectivity index (χ1n) is 7.36. The van der Waals surface area contributed by atoms with Crippen LogP contribution in [0.1, 0.15) is 6.92 Å². The highest BCUT2D eigenvalue weighted by Gasteiger charge is 2.50. The molecule has 6 N–H and O–H groups in total. The number of hydrogen-bond acceptors (Lipinski definition) is 9. The van der Waals surface area contributed by atoms with Crippen LogP contribution in [0.25, 0.3) is 0 Å². The van der Waals surface area contributed by atoms with E-state index in [4.69, 9.17) is 19.3 Å². The van der Waals surface area contributed by atoms with Gasteiger partial charge >= 0.3 is 0 Å². The monoisotopic (exact) mass is 341 g/mol. The predicted octanol–water partition coefficient (Wildman–Crippen LogP) is -3.35. The average Bonchev–Trinajstić information content (AvgIpc) is 2.55. The van der Waals surface area contributed by atoms with Gasteiger partial charge in [0.05, 0.1) is 19.3 Å². The van der Waals surface area contributed by atoms with Crippen molar-refractivity contribution in [3.63, 3.8) is 0 Å². The molecular weight excluding hydrogens is 318 g/mol. The van der Waals surface area contributed by atoms with Crippen LogP contribution < -0.4 is 0 Å². The molecule has 0 aromatic rings. The van der Waals surface area contributed by atoms with Crippen molar-refractivity contribution in [2.45, 2.75) is 68.2 Å². The van der Waals surface area contributed by atoms with Gasteiger partial charge in [-0.25, -0.2) is 4.39 Å². The highest BCUT2D eigenvalue weighted by atomic mass is 18.2. The van der Waals surface area contributed by atoms with Gasteiger partial charge in [0.2, 0.25) is 0 Å². The van der Waals surface area contributed by atoms with Crippen molar-refractivity contribution in [2.24, 2.45) is 0 Å². The smallest absolute Gasteiger partial charge is 0.187 e. The van der Waals surface area contributed by atoms with E-state index >= 15 is 0 Å². The molecule has 2 fully saturated rings. The van der Waals surface area contributed by atoms with E-state index in [0.29, 0.717) is 0 Å². The molecule has 2 aliphatic heterocycles. The zero-order chi connectivity index (χ0) is 17.3. The Morgan fingerprint density at radius 2 is 1.48 bits per heavy atom. The van der Waals surface area contributed by atoms with Crippen molar-refractivity contribution in [2.75, 3.05) is 13.2 Å². The minimum absolute atomic E-state index is 0.573. The normalized spacial score (nSPS) is 51.7. The molecule has 136 valence electrons. The number of halogens is 1. The van der Waals surface area contributed by atoms with E-state index < -0.39 is 74.5 Å². The summed E-state index contributed by atoms with van der Waals surface area (Å²) in [5, 5.41) is 57.7. The van der Waals surface area contributed by atoms with E-state index in [0.717, 1.165) is 0 Å². The molecule has 0 bridgehead atoms. The Balaban J connectivity index is 2.11. The van der Waals surface area contributed by atoms with Gasteiger partial charge in [0.25, 0.3) is 0 Å². The number of ether oxygens (including phenoxy) is 3. The number of hydrogen-bond donors (Lipinski definition) is 6. The summed E-state index contributed by atoms with van der Waals surface area (Å²) in [5.74, 6) is 0. The van der Waals surface area contributed by atoms with Crippen molar-refractivity contribution >= 4 is 0 Å². The summed E-state index contributed by atoms with van der Waals surface area (Å²) in [7, 11) is 0. The molecule has 10 heteroatoms. The fourth-order valence-corrected chi connectivity index (χ4v) is 2.76. The van der Waals surface area contributed by atoms with E-state index in [-0.39, 0.29) is 0 Å². The van der Waals surface area contributed by atoms with Gasteiger partial charge in [-0.1, -0.05) is 0 Å². The summed E-state index contributed by atoms with van der Waals surface area (Å²) in [4.78, 5) is 0. The van der Waals surface area contributed by atoms with E-state index in [9.17, 15) is 29.9 Å². The molecule has 4 unspecified atom stereocenters. The highest BCUT2D eigenvalue weighted by molar-refractivity contribution is 4.94. The zero-order valence-corrected chi connectivity index (χ0v) is 12.5. The van der Waals surface area contributed by atoms with Crippen molar-refractivity contribution in [3.05, 3.63) is 0 Å². The number of aliphatic hydroxyl groups excluding tert-OH is 6. The molecule has 0 radical (unpaired) electrons. The Bertz CT molecular complexity index is 382. The molecule has 2 aliphatic rings. The molecule has 23 heavy (non-hydrogen) atoms. The lowest BCUT2D eigenvalue weighted by Crippen LogP contribution is -2.63. The molecule has 0 saturated carbocycles. The molecule has 2 heterocycles. The van der Waals surface area contributed by atoms with Crippen molar-refractivity contribution in [3.8, 4) is 0 Å². The lowest BCUT2D eigenvalue weighted by Gasteiger charge is -2.45. The van der Waals surface area contributed by atoms with Gasteiger partial charge in [-0.2, -0.15) is 0 Å². The number of aliphatic hydroxyl groups is 6. The molecule has 0 aromatic heterocycles. The van der Waals surface area contributed by atoms with Crippen molar-refractivity contribution in [1.29, 1.82) is 0 Å². The third-order valence-corrected chi connectivity index (χ3v) is 4.19. The molecule has 0 spiro atoms. The summed E-state index contributed by atoms with van der Waals surface area (Å²) in [6, 6.07) is 0. The molecule has 0 amide bonds. The summed E-state index contributed by atoms with van der Waals surface area (Å²) < 4.78 is 29.5. The van der Waals surface area contributed by atoms with Gasteiger partial charge in [0, 0.05) is 0 Å². The van der Waals surface area contributed by atoms with Crippen LogP contribution in [-0.4, -0.2) is 105 Å². The first-order valence-corrected chi connectivity index (χ1v) is 7.36. The van der Waals surface area contributed by atoms with Gasteiger partial charge < -0.3 is 44.8 Å². The van der Waals surface area contributed by atoms with E-state index in [1.807, 2.05) is 0 Å². The fourth-order valence-electron chi connectivity index (χ4n) is 2.76. The van der Waals surface area contributed by atoms with Crippen LogP contribution in [0.4, 0.5) is 4.39 Å². The van der Waals surface area contributed by atoms with Crippen LogP contribution in [0.3, 0.4) is 0 Å². The molecule has 2 rings (SSSR count). The zero-order valence-electron chi connectivity index (χ0n) is 12.5. The predicted molar refractivity (Wildman–Crippen MR) is 71.0 cm³/mol. The standard InChI is InChI=1S/C13H23FO9/c1-4-7(14)9(18)12(6(3-16)21-4)23-13-11(20)10(19)8(17)5(2-15)22-13/h4-13,15-20H,2-3H2,1H3/t4?,5?,6?,7-,8-,9+,10-,11?,12-,13+/m1/s1/i14-1. The number of rotatable bonds is 4. The van der Waals surface area contributed by atoms with Gasteiger partial charge in [0.15, 0.2) is 12.5 Å². The minimum atomic E-state index is -1.78. The lowest BCUT2D eigenvalue weighted by atomic mass is 9.95. The van der Waals surface area contributed by atoms with Crippen molar-refractivity contribution in [1.82, 2.24) is 0 Å².